The fraction of sp³-hybridized carbons (Fsp3) is 0.500. The van der Waals surface area contributed by atoms with Gasteiger partial charge in [-0.25, -0.2) is 4.39 Å². The molecule has 1 aromatic rings. The number of halogens is 1. The summed E-state index contributed by atoms with van der Waals surface area (Å²) < 4.78 is 13.6. The number of fused-ring (bicyclic) bond motifs is 1. The molecule has 0 aliphatic carbocycles. The van der Waals surface area contributed by atoms with E-state index in [-0.39, 0.29) is 6.04 Å². The second kappa shape index (κ2) is 3.58. The predicted octanol–water partition coefficient (Wildman–Crippen LogP) is 1.31. The van der Waals surface area contributed by atoms with Crippen molar-refractivity contribution in [3.8, 4) is 0 Å². The zero-order valence-corrected chi connectivity index (χ0v) is 8.62. The van der Waals surface area contributed by atoms with Crippen LogP contribution >= 0.6 is 0 Å². The third-order valence-electron chi connectivity index (χ3n) is 3.44. The lowest BCUT2D eigenvalue weighted by Crippen LogP contribution is -2.38. The minimum Gasteiger partial charge on any atom is -0.312 e. The van der Waals surface area contributed by atoms with Crippen molar-refractivity contribution < 1.29 is 4.39 Å². The molecule has 0 saturated carbocycles. The highest BCUT2D eigenvalue weighted by Crippen LogP contribution is 2.26. The highest BCUT2D eigenvalue weighted by atomic mass is 19.1. The first-order valence-electron chi connectivity index (χ1n) is 5.50. The molecular weight excluding hydrogens is 191 g/mol. The Labute approximate surface area is 89.1 Å². The second-order valence-electron chi connectivity index (χ2n) is 4.42. The van der Waals surface area contributed by atoms with Gasteiger partial charge in [0.05, 0.1) is 6.04 Å². The van der Waals surface area contributed by atoms with Crippen LogP contribution in [0, 0.1) is 0 Å². The number of alkyl halides is 1. The van der Waals surface area contributed by atoms with Crippen LogP contribution in [0.4, 0.5) is 4.39 Å². The number of rotatable bonds is 1. The molecule has 0 radical (unpaired) electrons. The molecule has 0 amide bonds. The molecule has 0 bridgehead atoms. The summed E-state index contributed by atoms with van der Waals surface area (Å²) >= 11 is 0. The average Bonchev–Trinajstić information content (AvgIpc) is 2.82. The van der Waals surface area contributed by atoms with Crippen LogP contribution in [0.15, 0.2) is 24.3 Å². The van der Waals surface area contributed by atoms with Crippen LogP contribution in [0.1, 0.15) is 11.1 Å². The van der Waals surface area contributed by atoms with Crippen LogP contribution in [-0.4, -0.2) is 30.2 Å². The predicted molar refractivity (Wildman–Crippen MR) is 57.2 cm³/mol. The lowest BCUT2D eigenvalue weighted by Gasteiger charge is -2.24. The molecule has 1 saturated heterocycles. The van der Waals surface area contributed by atoms with Crippen molar-refractivity contribution in [2.45, 2.75) is 25.3 Å². The Morgan fingerprint density at radius 3 is 2.33 bits per heavy atom. The van der Waals surface area contributed by atoms with Crippen LogP contribution < -0.4 is 5.32 Å². The van der Waals surface area contributed by atoms with Crippen molar-refractivity contribution >= 4 is 0 Å². The molecule has 0 unspecified atom stereocenters. The smallest absolute Gasteiger partial charge is 0.129 e. The first-order chi connectivity index (χ1) is 7.34. The van der Waals surface area contributed by atoms with E-state index in [1.54, 1.807) is 0 Å². The molecule has 2 heterocycles. The van der Waals surface area contributed by atoms with Gasteiger partial charge in [-0.05, 0) is 11.1 Å². The second-order valence-corrected chi connectivity index (χ2v) is 4.42. The van der Waals surface area contributed by atoms with E-state index in [4.69, 9.17) is 0 Å². The van der Waals surface area contributed by atoms with Crippen LogP contribution in [0.5, 0.6) is 0 Å². The zero-order valence-electron chi connectivity index (χ0n) is 8.62. The van der Waals surface area contributed by atoms with Gasteiger partial charge in [0.25, 0.3) is 0 Å². The first-order valence-corrected chi connectivity index (χ1v) is 5.50. The van der Waals surface area contributed by atoms with Gasteiger partial charge >= 0.3 is 0 Å². The zero-order chi connectivity index (χ0) is 10.3. The fourth-order valence-corrected chi connectivity index (χ4v) is 2.58. The molecule has 15 heavy (non-hydrogen) atoms. The normalized spacial score (nSPS) is 30.7. The summed E-state index contributed by atoms with van der Waals surface area (Å²) in [6.45, 7) is 3.11. The minimum absolute atomic E-state index is 0.0670. The largest absolute Gasteiger partial charge is 0.312 e. The van der Waals surface area contributed by atoms with Crippen molar-refractivity contribution in [3.63, 3.8) is 0 Å². The van der Waals surface area contributed by atoms with E-state index in [1.807, 2.05) is 0 Å². The molecule has 1 N–H and O–H groups in total. The lowest BCUT2D eigenvalue weighted by atomic mass is 10.1. The molecule has 2 nitrogen and oxygen atoms in total. The maximum Gasteiger partial charge on any atom is 0.129 e. The fourth-order valence-electron chi connectivity index (χ4n) is 2.58. The standard InChI is InChI=1S/C12H15FN2/c13-11-5-14-6-12(11)15-7-9-3-1-2-4-10(9)8-15/h1-4,11-12,14H,5-8H2/t11-,12+/m1/s1. The number of nitrogens with one attached hydrogen (secondary N) is 1. The third-order valence-corrected chi connectivity index (χ3v) is 3.44. The van der Waals surface area contributed by atoms with E-state index in [0.717, 1.165) is 19.6 Å². The van der Waals surface area contributed by atoms with Crippen LogP contribution in [-0.2, 0) is 13.1 Å². The van der Waals surface area contributed by atoms with Crippen molar-refractivity contribution in [1.29, 1.82) is 0 Å². The summed E-state index contributed by atoms with van der Waals surface area (Å²) in [7, 11) is 0. The maximum atomic E-state index is 13.6. The summed E-state index contributed by atoms with van der Waals surface area (Å²) in [6.07, 6.45) is -0.709. The van der Waals surface area contributed by atoms with Gasteiger partial charge in [-0.2, -0.15) is 0 Å². The van der Waals surface area contributed by atoms with Crippen molar-refractivity contribution in [2.24, 2.45) is 0 Å². The number of benzene rings is 1. The molecule has 0 spiro atoms. The SMILES string of the molecule is F[C@@H]1CNC[C@@H]1N1Cc2ccccc2C1. The highest BCUT2D eigenvalue weighted by molar-refractivity contribution is 5.30. The van der Waals surface area contributed by atoms with Gasteiger partial charge in [-0.15, -0.1) is 0 Å². The van der Waals surface area contributed by atoms with Crippen molar-refractivity contribution in [2.75, 3.05) is 13.1 Å². The Hall–Kier alpha value is -0.930. The molecular formula is C12H15FN2. The molecule has 2 aliphatic heterocycles. The molecule has 2 atom stereocenters. The molecule has 3 heteroatoms. The van der Waals surface area contributed by atoms with Crippen LogP contribution in [0.3, 0.4) is 0 Å². The summed E-state index contributed by atoms with van der Waals surface area (Å²) in [5.41, 5.74) is 2.72. The van der Waals surface area contributed by atoms with E-state index in [0.29, 0.717) is 6.54 Å². The van der Waals surface area contributed by atoms with Gasteiger partial charge in [0.15, 0.2) is 0 Å². The van der Waals surface area contributed by atoms with Gasteiger partial charge < -0.3 is 5.32 Å². The third kappa shape index (κ3) is 1.56. The van der Waals surface area contributed by atoms with Crippen molar-refractivity contribution in [1.82, 2.24) is 10.2 Å². The number of hydrogen-bond acceptors (Lipinski definition) is 2. The van der Waals surface area contributed by atoms with Gasteiger partial charge in [0.2, 0.25) is 0 Å². The average molecular weight is 206 g/mol. The maximum absolute atomic E-state index is 13.6. The monoisotopic (exact) mass is 206 g/mol. The summed E-state index contributed by atoms with van der Waals surface area (Å²) in [6, 6.07) is 8.47. The topological polar surface area (TPSA) is 15.3 Å². The summed E-state index contributed by atoms with van der Waals surface area (Å²) in [4.78, 5) is 2.25. The first kappa shape index (κ1) is 9.31. The Morgan fingerprint density at radius 2 is 1.80 bits per heavy atom. The Morgan fingerprint density at radius 1 is 1.13 bits per heavy atom. The highest BCUT2D eigenvalue weighted by Gasteiger charge is 2.34. The molecule has 1 fully saturated rings. The number of nitrogens with zero attached hydrogens (tertiary/aromatic N) is 1. The van der Waals surface area contributed by atoms with Gasteiger partial charge in [-0.1, -0.05) is 24.3 Å². The van der Waals surface area contributed by atoms with Crippen LogP contribution in [0.25, 0.3) is 0 Å². The van der Waals surface area contributed by atoms with Crippen LogP contribution in [0.2, 0.25) is 0 Å². The van der Waals surface area contributed by atoms with E-state index in [1.165, 1.54) is 11.1 Å². The Balaban J connectivity index is 1.78. The summed E-state index contributed by atoms with van der Waals surface area (Å²) in [5, 5.41) is 3.11. The molecule has 80 valence electrons. The molecule has 0 aromatic heterocycles. The number of hydrogen-bond donors (Lipinski definition) is 1. The van der Waals surface area contributed by atoms with E-state index in [9.17, 15) is 4.39 Å². The quantitative estimate of drug-likeness (QED) is 0.745. The van der Waals surface area contributed by atoms with E-state index >= 15 is 0 Å². The Kier molecular flexibility index (Phi) is 2.22. The molecule has 1 aromatic carbocycles. The van der Waals surface area contributed by atoms with E-state index in [2.05, 4.69) is 34.5 Å². The minimum atomic E-state index is -0.709. The van der Waals surface area contributed by atoms with Gasteiger partial charge in [0, 0.05) is 26.2 Å². The summed E-state index contributed by atoms with van der Waals surface area (Å²) in [5.74, 6) is 0. The van der Waals surface area contributed by atoms with Gasteiger partial charge in [0.1, 0.15) is 6.17 Å². The van der Waals surface area contributed by atoms with E-state index < -0.39 is 6.17 Å². The molecule has 2 aliphatic rings. The van der Waals surface area contributed by atoms with Crippen molar-refractivity contribution in [3.05, 3.63) is 35.4 Å². The van der Waals surface area contributed by atoms with Gasteiger partial charge in [-0.3, -0.25) is 4.90 Å². The Bertz CT molecular complexity index is 341. The molecule has 3 rings (SSSR count). The lowest BCUT2D eigenvalue weighted by molar-refractivity contribution is 0.143.